The van der Waals surface area contributed by atoms with Crippen LogP contribution < -0.4 is 10.6 Å². The second kappa shape index (κ2) is 6.41. The monoisotopic (exact) mass is 198 g/mol. The minimum atomic E-state index is 0.673. The molecule has 0 saturated carbocycles. The van der Waals surface area contributed by atoms with Crippen molar-refractivity contribution >= 4 is 0 Å². The molecule has 1 aliphatic heterocycles. The van der Waals surface area contributed by atoms with E-state index < -0.39 is 0 Å². The van der Waals surface area contributed by atoms with Gasteiger partial charge in [0.2, 0.25) is 0 Å². The third-order valence-electron chi connectivity index (χ3n) is 3.33. The van der Waals surface area contributed by atoms with E-state index in [1.165, 1.54) is 32.2 Å². The van der Waals surface area contributed by atoms with Crippen LogP contribution in [0.25, 0.3) is 0 Å². The van der Waals surface area contributed by atoms with Gasteiger partial charge in [-0.15, -0.1) is 0 Å². The molecule has 2 heteroatoms. The molecule has 1 aliphatic rings. The van der Waals surface area contributed by atoms with Gasteiger partial charge in [0.15, 0.2) is 0 Å². The summed E-state index contributed by atoms with van der Waals surface area (Å²) in [4.78, 5) is 0. The first-order valence-corrected chi connectivity index (χ1v) is 6.19. The molecule has 2 nitrogen and oxygen atoms in total. The molecule has 0 aromatic carbocycles. The first kappa shape index (κ1) is 12.0. The fraction of sp³-hybridized carbons (Fsp3) is 1.00. The lowest BCUT2D eigenvalue weighted by Gasteiger charge is -2.20. The van der Waals surface area contributed by atoms with Gasteiger partial charge in [0.1, 0.15) is 0 Å². The molecule has 1 fully saturated rings. The number of hydrogen-bond donors (Lipinski definition) is 2. The Labute approximate surface area is 88.8 Å². The summed E-state index contributed by atoms with van der Waals surface area (Å²) in [5.41, 5.74) is 0. The average Bonchev–Trinajstić information content (AvgIpc) is 2.67. The van der Waals surface area contributed by atoms with Crippen molar-refractivity contribution in [1.82, 2.24) is 10.6 Å². The molecule has 1 saturated heterocycles. The Kier molecular flexibility index (Phi) is 5.49. The van der Waals surface area contributed by atoms with Gasteiger partial charge in [0.05, 0.1) is 0 Å². The fourth-order valence-corrected chi connectivity index (χ4v) is 2.13. The Morgan fingerprint density at radius 2 is 2.21 bits per heavy atom. The van der Waals surface area contributed by atoms with Crippen molar-refractivity contribution in [2.75, 3.05) is 13.1 Å². The summed E-state index contributed by atoms with van der Waals surface area (Å²) in [6, 6.07) is 1.40. The van der Waals surface area contributed by atoms with Crippen LogP contribution in [0.3, 0.4) is 0 Å². The molecule has 0 aromatic rings. The van der Waals surface area contributed by atoms with E-state index in [-0.39, 0.29) is 0 Å². The third-order valence-corrected chi connectivity index (χ3v) is 3.33. The molecule has 0 amide bonds. The molecule has 3 unspecified atom stereocenters. The molecule has 0 radical (unpaired) electrons. The zero-order valence-corrected chi connectivity index (χ0v) is 9.97. The zero-order chi connectivity index (χ0) is 10.4. The van der Waals surface area contributed by atoms with Crippen LogP contribution in [0.15, 0.2) is 0 Å². The minimum absolute atomic E-state index is 0.673. The van der Waals surface area contributed by atoms with Crippen LogP contribution in [0.4, 0.5) is 0 Å². The van der Waals surface area contributed by atoms with E-state index in [4.69, 9.17) is 0 Å². The Hall–Kier alpha value is -0.0800. The summed E-state index contributed by atoms with van der Waals surface area (Å²) >= 11 is 0. The van der Waals surface area contributed by atoms with Crippen molar-refractivity contribution in [2.24, 2.45) is 5.92 Å². The van der Waals surface area contributed by atoms with Gasteiger partial charge < -0.3 is 10.6 Å². The predicted octanol–water partition coefficient (Wildman–Crippen LogP) is 2.15. The smallest absolute Gasteiger partial charge is 0.0193 e. The van der Waals surface area contributed by atoms with Crippen LogP contribution >= 0.6 is 0 Å². The number of hydrogen-bond acceptors (Lipinski definition) is 2. The van der Waals surface area contributed by atoms with Gasteiger partial charge in [0.25, 0.3) is 0 Å². The van der Waals surface area contributed by atoms with Crippen LogP contribution in [0.1, 0.15) is 46.5 Å². The fourth-order valence-electron chi connectivity index (χ4n) is 2.13. The van der Waals surface area contributed by atoms with Crippen molar-refractivity contribution in [3.8, 4) is 0 Å². The standard InChI is InChI=1S/C12H26N2/c1-4-10(2)8-11(3)14-9-12-6-5-7-13-12/h10-14H,4-9H2,1-3H3. The molecule has 0 aromatic heterocycles. The van der Waals surface area contributed by atoms with E-state index in [9.17, 15) is 0 Å². The summed E-state index contributed by atoms with van der Waals surface area (Å²) in [5.74, 6) is 0.856. The highest BCUT2D eigenvalue weighted by atomic mass is 15.0. The Morgan fingerprint density at radius 1 is 1.43 bits per heavy atom. The lowest BCUT2D eigenvalue weighted by molar-refractivity contribution is 0.395. The first-order chi connectivity index (χ1) is 6.72. The topological polar surface area (TPSA) is 24.1 Å². The van der Waals surface area contributed by atoms with Gasteiger partial charge >= 0.3 is 0 Å². The van der Waals surface area contributed by atoms with E-state index in [1.807, 2.05) is 0 Å². The number of nitrogens with one attached hydrogen (secondary N) is 2. The largest absolute Gasteiger partial charge is 0.313 e. The second-order valence-electron chi connectivity index (χ2n) is 4.85. The zero-order valence-electron chi connectivity index (χ0n) is 9.97. The molecule has 2 N–H and O–H groups in total. The predicted molar refractivity (Wildman–Crippen MR) is 62.6 cm³/mol. The molecule has 14 heavy (non-hydrogen) atoms. The summed E-state index contributed by atoms with van der Waals surface area (Å²) in [5, 5.41) is 7.14. The molecule has 3 atom stereocenters. The SMILES string of the molecule is CCC(C)CC(C)NCC1CCCN1. The van der Waals surface area contributed by atoms with Crippen molar-refractivity contribution in [2.45, 2.75) is 58.5 Å². The van der Waals surface area contributed by atoms with Crippen molar-refractivity contribution < 1.29 is 0 Å². The van der Waals surface area contributed by atoms with Crippen LogP contribution in [-0.4, -0.2) is 25.2 Å². The molecule has 84 valence electrons. The van der Waals surface area contributed by atoms with E-state index in [1.54, 1.807) is 0 Å². The van der Waals surface area contributed by atoms with Crippen LogP contribution in [0.2, 0.25) is 0 Å². The maximum absolute atomic E-state index is 3.63. The maximum Gasteiger partial charge on any atom is 0.0193 e. The van der Waals surface area contributed by atoms with E-state index in [0.717, 1.165) is 18.5 Å². The van der Waals surface area contributed by atoms with E-state index >= 15 is 0 Å². The highest BCUT2D eigenvalue weighted by Crippen LogP contribution is 2.10. The van der Waals surface area contributed by atoms with E-state index in [2.05, 4.69) is 31.4 Å². The van der Waals surface area contributed by atoms with Crippen molar-refractivity contribution in [3.05, 3.63) is 0 Å². The molecule has 1 rings (SSSR count). The van der Waals surface area contributed by atoms with Crippen molar-refractivity contribution in [3.63, 3.8) is 0 Å². The van der Waals surface area contributed by atoms with Crippen LogP contribution in [-0.2, 0) is 0 Å². The lowest BCUT2D eigenvalue weighted by atomic mass is 10.0. The van der Waals surface area contributed by atoms with Gasteiger partial charge in [-0.1, -0.05) is 20.3 Å². The molecule has 0 bridgehead atoms. The van der Waals surface area contributed by atoms with Crippen molar-refractivity contribution in [1.29, 1.82) is 0 Å². The molecule has 1 heterocycles. The van der Waals surface area contributed by atoms with Crippen LogP contribution in [0.5, 0.6) is 0 Å². The Bertz CT molecular complexity index is 141. The summed E-state index contributed by atoms with van der Waals surface area (Å²) in [6.45, 7) is 9.28. The summed E-state index contributed by atoms with van der Waals surface area (Å²) in [6.07, 6.45) is 5.31. The second-order valence-corrected chi connectivity index (χ2v) is 4.85. The van der Waals surface area contributed by atoms with Crippen LogP contribution in [0, 0.1) is 5.92 Å². The van der Waals surface area contributed by atoms with Gasteiger partial charge in [-0.3, -0.25) is 0 Å². The maximum atomic E-state index is 3.63. The Balaban J connectivity index is 2.04. The molecule has 0 spiro atoms. The van der Waals surface area contributed by atoms with Gasteiger partial charge in [0, 0.05) is 18.6 Å². The number of rotatable bonds is 6. The summed E-state index contributed by atoms with van der Waals surface area (Å²) < 4.78 is 0. The first-order valence-electron chi connectivity index (χ1n) is 6.19. The van der Waals surface area contributed by atoms with Gasteiger partial charge in [-0.25, -0.2) is 0 Å². The highest BCUT2D eigenvalue weighted by Gasteiger charge is 2.14. The third kappa shape index (κ3) is 4.43. The van der Waals surface area contributed by atoms with Gasteiger partial charge in [-0.2, -0.15) is 0 Å². The summed E-state index contributed by atoms with van der Waals surface area (Å²) in [7, 11) is 0. The molecular weight excluding hydrogens is 172 g/mol. The normalized spacial score (nSPS) is 26.4. The molecule has 0 aliphatic carbocycles. The average molecular weight is 198 g/mol. The minimum Gasteiger partial charge on any atom is -0.313 e. The quantitative estimate of drug-likeness (QED) is 0.683. The van der Waals surface area contributed by atoms with Gasteiger partial charge in [-0.05, 0) is 38.6 Å². The molecular formula is C12H26N2. The van der Waals surface area contributed by atoms with E-state index in [0.29, 0.717) is 6.04 Å². The highest BCUT2D eigenvalue weighted by molar-refractivity contribution is 4.77. The lowest BCUT2D eigenvalue weighted by Crippen LogP contribution is -2.38. The Morgan fingerprint density at radius 3 is 2.79 bits per heavy atom.